The van der Waals surface area contributed by atoms with Crippen LogP contribution >= 0.6 is 0 Å². The molecule has 0 aliphatic carbocycles. The van der Waals surface area contributed by atoms with Crippen LogP contribution in [0.15, 0.2) is 79.1 Å². The van der Waals surface area contributed by atoms with E-state index < -0.39 is 0 Å². The average Bonchev–Trinajstić information content (AvgIpc) is 3.52. The Morgan fingerprint density at radius 1 is 0.868 bits per heavy atom. The number of imidazole rings is 1. The van der Waals surface area contributed by atoms with E-state index in [4.69, 9.17) is 20.4 Å². The fourth-order valence-corrected chi connectivity index (χ4v) is 5.16. The van der Waals surface area contributed by atoms with Gasteiger partial charge in [0.1, 0.15) is 23.8 Å². The molecule has 2 aromatic carbocycles. The van der Waals surface area contributed by atoms with Crippen LogP contribution in [0.2, 0.25) is 0 Å². The summed E-state index contributed by atoms with van der Waals surface area (Å²) in [6.45, 7) is 0.399. The molecule has 9 heteroatoms. The van der Waals surface area contributed by atoms with Crippen LogP contribution in [0.5, 0.6) is 5.88 Å². The number of benzene rings is 2. The molecule has 1 aliphatic heterocycles. The van der Waals surface area contributed by atoms with Gasteiger partial charge in [-0.1, -0.05) is 18.2 Å². The van der Waals surface area contributed by atoms with E-state index in [1.54, 1.807) is 24.5 Å². The Morgan fingerprint density at radius 2 is 1.68 bits per heavy atom. The second-order valence-corrected chi connectivity index (χ2v) is 9.27. The first-order valence-electron chi connectivity index (χ1n) is 12.4. The number of anilines is 1. The highest BCUT2D eigenvalue weighted by molar-refractivity contribution is 6.02. The molecule has 4 aromatic heterocycles. The van der Waals surface area contributed by atoms with Crippen LogP contribution in [0.3, 0.4) is 0 Å². The number of ether oxygens (including phenoxy) is 1. The molecule has 8 nitrogen and oxygen atoms in total. The monoisotopic (exact) mass is 503 g/mol. The lowest BCUT2D eigenvalue weighted by Gasteiger charge is -2.18. The third kappa shape index (κ3) is 3.80. The van der Waals surface area contributed by atoms with Crippen molar-refractivity contribution in [2.24, 2.45) is 0 Å². The van der Waals surface area contributed by atoms with Crippen molar-refractivity contribution < 1.29 is 9.13 Å². The lowest BCUT2D eigenvalue weighted by atomic mass is 10.1. The van der Waals surface area contributed by atoms with Gasteiger partial charge in [0.15, 0.2) is 0 Å². The highest BCUT2D eigenvalue weighted by Gasteiger charge is 2.31. The van der Waals surface area contributed by atoms with Crippen molar-refractivity contribution in [2.45, 2.75) is 18.9 Å². The molecule has 0 saturated carbocycles. The van der Waals surface area contributed by atoms with E-state index in [1.807, 2.05) is 42.5 Å². The fourth-order valence-electron chi connectivity index (χ4n) is 5.16. The van der Waals surface area contributed by atoms with Gasteiger partial charge in [-0.05, 0) is 48.9 Å². The van der Waals surface area contributed by atoms with Crippen LogP contribution < -0.4 is 10.5 Å². The predicted octanol–water partition coefficient (Wildman–Crippen LogP) is 5.39. The maximum absolute atomic E-state index is 13.7. The van der Waals surface area contributed by atoms with E-state index in [1.165, 1.54) is 12.1 Å². The minimum Gasteiger partial charge on any atom is -0.475 e. The number of aryl methyl sites for hydroxylation is 1. The van der Waals surface area contributed by atoms with Crippen molar-refractivity contribution in [3.63, 3.8) is 0 Å². The normalized spacial score (nSPS) is 14.7. The highest BCUT2D eigenvalue weighted by Crippen LogP contribution is 2.39. The van der Waals surface area contributed by atoms with E-state index in [2.05, 4.69) is 19.5 Å². The van der Waals surface area contributed by atoms with Crippen LogP contribution in [0.25, 0.3) is 44.5 Å². The van der Waals surface area contributed by atoms with Gasteiger partial charge >= 0.3 is 0 Å². The van der Waals surface area contributed by atoms with Crippen molar-refractivity contribution in [1.29, 1.82) is 0 Å². The number of fused-ring (bicyclic) bond motifs is 4. The first-order chi connectivity index (χ1) is 18.6. The third-order valence-corrected chi connectivity index (χ3v) is 6.92. The zero-order valence-electron chi connectivity index (χ0n) is 20.3. The number of nitrogens with zero attached hydrogens (tertiary/aromatic N) is 6. The van der Waals surface area contributed by atoms with Gasteiger partial charge in [0.25, 0.3) is 0 Å². The molecule has 0 radical (unpaired) electrons. The molecule has 186 valence electrons. The average molecular weight is 504 g/mol. The molecule has 2 N–H and O–H groups in total. The Labute approximate surface area is 217 Å². The number of rotatable bonds is 5. The van der Waals surface area contributed by atoms with Gasteiger partial charge in [-0.3, -0.25) is 4.98 Å². The van der Waals surface area contributed by atoms with Crippen LogP contribution in [-0.4, -0.2) is 36.1 Å². The Balaban J connectivity index is 1.26. The Morgan fingerprint density at radius 3 is 2.53 bits per heavy atom. The van der Waals surface area contributed by atoms with E-state index >= 15 is 0 Å². The van der Waals surface area contributed by atoms with Gasteiger partial charge in [-0.15, -0.1) is 0 Å². The quantitative estimate of drug-likeness (QED) is 0.315. The lowest BCUT2D eigenvalue weighted by Crippen LogP contribution is -2.15. The fraction of sp³-hybridized carbons (Fsp3) is 0.138. The van der Waals surface area contributed by atoms with Crippen molar-refractivity contribution in [3.05, 3.63) is 90.8 Å². The second kappa shape index (κ2) is 8.88. The molecule has 6 aromatic rings. The zero-order chi connectivity index (χ0) is 25.6. The predicted molar refractivity (Wildman–Crippen MR) is 143 cm³/mol. The van der Waals surface area contributed by atoms with Crippen LogP contribution in [0.1, 0.15) is 18.3 Å². The molecule has 0 amide bonds. The zero-order valence-corrected chi connectivity index (χ0v) is 20.3. The molecule has 0 saturated heterocycles. The number of nitrogens with two attached hydrogens (primary N) is 1. The van der Waals surface area contributed by atoms with Gasteiger partial charge in [-0.2, -0.15) is 0 Å². The number of pyridine rings is 2. The molecule has 0 fully saturated rings. The minimum atomic E-state index is -0.300. The van der Waals surface area contributed by atoms with Crippen LogP contribution in [-0.2, 0) is 6.42 Å². The van der Waals surface area contributed by atoms with E-state index in [-0.39, 0.29) is 17.8 Å². The van der Waals surface area contributed by atoms with Crippen molar-refractivity contribution in [1.82, 2.24) is 29.5 Å². The maximum Gasteiger partial charge on any atom is 0.220 e. The first-order valence-corrected chi connectivity index (χ1v) is 12.4. The molecule has 0 bridgehead atoms. The summed E-state index contributed by atoms with van der Waals surface area (Å²) in [5.74, 6) is 1.34. The molecule has 1 aliphatic rings. The summed E-state index contributed by atoms with van der Waals surface area (Å²) in [5.41, 5.74) is 10.6. The smallest absolute Gasteiger partial charge is 0.220 e. The van der Waals surface area contributed by atoms with Crippen molar-refractivity contribution in [2.75, 3.05) is 12.3 Å². The Hall–Kier alpha value is -4.92. The number of nitrogen functional groups attached to an aromatic ring is 1. The third-order valence-electron chi connectivity index (χ3n) is 6.92. The molecule has 38 heavy (non-hydrogen) atoms. The van der Waals surface area contributed by atoms with E-state index in [9.17, 15) is 4.39 Å². The number of halogens is 1. The maximum atomic E-state index is 13.7. The lowest BCUT2D eigenvalue weighted by molar-refractivity contribution is 0.248. The molecule has 1 atom stereocenters. The topological polar surface area (TPSA) is 105 Å². The summed E-state index contributed by atoms with van der Waals surface area (Å²) < 4.78 is 22.1. The summed E-state index contributed by atoms with van der Waals surface area (Å²) in [5, 5.41) is 2.04. The largest absolute Gasteiger partial charge is 0.475 e. The number of hydrogen-bond acceptors (Lipinski definition) is 7. The Kier molecular flexibility index (Phi) is 5.21. The molecule has 0 spiro atoms. The molecule has 1 unspecified atom stereocenters. The van der Waals surface area contributed by atoms with E-state index in [0.29, 0.717) is 18.2 Å². The SMILES string of the molecule is Nc1nccc(-c2c(-c3ccc(F)cc3)nc3n2C(COc2ccc4ccc5cccnc5c4n2)CC3)n1. The molecule has 7 rings (SSSR count). The summed E-state index contributed by atoms with van der Waals surface area (Å²) in [6, 6.07) is 20.1. The Bertz CT molecular complexity index is 1820. The van der Waals surface area contributed by atoms with Gasteiger partial charge < -0.3 is 15.0 Å². The minimum absolute atomic E-state index is 0.000951. The van der Waals surface area contributed by atoms with Gasteiger partial charge in [0, 0.05) is 41.2 Å². The molecule has 5 heterocycles. The summed E-state index contributed by atoms with van der Waals surface area (Å²) in [7, 11) is 0. The second-order valence-electron chi connectivity index (χ2n) is 9.27. The van der Waals surface area contributed by atoms with Crippen LogP contribution in [0, 0.1) is 5.82 Å². The summed E-state index contributed by atoms with van der Waals surface area (Å²) in [4.78, 5) is 22.8. The van der Waals surface area contributed by atoms with Gasteiger partial charge in [-0.25, -0.2) is 24.3 Å². The first kappa shape index (κ1) is 22.3. The number of hydrogen-bond donors (Lipinski definition) is 1. The molecular formula is C29H22FN7O. The van der Waals surface area contributed by atoms with Crippen molar-refractivity contribution >= 4 is 27.8 Å². The standard InChI is InChI=1S/C29H22FN7O/c30-20-8-5-19(6-9-20)27-28(22-13-15-33-29(31)34-22)37-21(10-11-23(37)35-27)16-38-24-12-7-18-4-3-17-2-1-14-32-25(17)26(18)36-24/h1-9,12-15,21H,10-11,16H2,(H2,31,33,34). The van der Waals surface area contributed by atoms with Crippen LogP contribution in [0.4, 0.5) is 10.3 Å². The summed E-state index contributed by atoms with van der Waals surface area (Å²) >= 11 is 0. The van der Waals surface area contributed by atoms with Gasteiger partial charge in [0.05, 0.1) is 28.6 Å². The van der Waals surface area contributed by atoms with E-state index in [0.717, 1.165) is 57.4 Å². The summed E-state index contributed by atoms with van der Waals surface area (Å²) in [6.07, 6.45) is 5.04. The van der Waals surface area contributed by atoms with Gasteiger partial charge in [0.2, 0.25) is 11.8 Å². The number of aromatic nitrogens is 6. The highest BCUT2D eigenvalue weighted by atomic mass is 19.1. The van der Waals surface area contributed by atoms with Crippen molar-refractivity contribution in [3.8, 4) is 28.5 Å². The molecular weight excluding hydrogens is 481 g/mol.